The van der Waals surface area contributed by atoms with Crippen LogP contribution in [0, 0.1) is 16.7 Å². The highest BCUT2D eigenvalue weighted by atomic mass is 16.5. The zero-order valence-corrected chi connectivity index (χ0v) is 11.5. The van der Waals surface area contributed by atoms with Crippen LogP contribution < -0.4 is 0 Å². The van der Waals surface area contributed by atoms with Gasteiger partial charge in [0.25, 0.3) is 0 Å². The molecule has 1 spiro atoms. The molecule has 0 heterocycles. The van der Waals surface area contributed by atoms with E-state index in [1.165, 1.54) is 32.1 Å². The molecule has 2 bridgehead atoms. The van der Waals surface area contributed by atoms with Crippen molar-refractivity contribution in [3.05, 3.63) is 0 Å². The number of methoxy groups -OCH3 is 1. The van der Waals surface area contributed by atoms with Crippen molar-refractivity contribution in [3.8, 4) is 0 Å². The molecule has 2 nitrogen and oxygen atoms in total. The molecule has 0 aliphatic heterocycles. The third-order valence-corrected chi connectivity index (χ3v) is 6.36. The summed E-state index contributed by atoms with van der Waals surface area (Å²) in [5.41, 5.74) is 0.263. The minimum atomic E-state index is -0.293. The fourth-order valence-corrected chi connectivity index (χ4v) is 5.60. The third kappa shape index (κ3) is 1.34. The van der Waals surface area contributed by atoms with Crippen LogP contribution >= 0.6 is 0 Å². The molecule has 3 saturated carbocycles. The van der Waals surface area contributed by atoms with E-state index in [-0.39, 0.29) is 17.1 Å². The van der Waals surface area contributed by atoms with Gasteiger partial charge in [-0.2, -0.15) is 0 Å². The highest BCUT2D eigenvalue weighted by Crippen LogP contribution is 2.67. The van der Waals surface area contributed by atoms with Gasteiger partial charge in [-0.1, -0.05) is 26.7 Å². The van der Waals surface area contributed by atoms with Gasteiger partial charge in [0, 0.05) is 7.11 Å². The second-order valence-corrected chi connectivity index (χ2v) is 7.33. The fraction of sp³-hybridized carbons (Fsp3) is 1.00. The first-order valence-corrected chi connectivity index (χ1v) is 7.20. The quantitative estimate of drug-likeness (QED) is 0.760. The summed E-state index contributed by atoms with van der Waals surface area (Å²) < 4.78 is 5.81. The fourth-order valence-electron chi connectivity index (χ4n) is 5.60. The van der Waals surface area contributed by atoms with Gasteiger partial charge in [-0.25, -0.2) is 0 Å². The Labute approximate surface area is 105 Å². The van der Waals surface area contributed by atoms with Crippen LogP contribution in [0.3, 0.4) is 0 Å². The Morgan fingerprint density at radius 2 is 1.88 bits per heavy atom. The molecule has 17 heavy (non-hydrogen) atoms. The number of hydrogen-bond acceptors (Lipinski definition) is 2. The van der Waals surface area contributed by atoms with Crippen molar-refractivity contribution in [2.45, 2.75) is 70.5 Å². The Bertz CT molecular complexity index is 325. The third-order valence-electron chi connectivity index (χ3n) is 6.36. The summed E-state index contributed by atoms with van der Waals surface area (Å²) in [5, 5.41) is 10.8. The van der Waals surface area contributed by atoms with Crippen LogP contribution in [0.25, 0.3) is 0 Å². The van der Waals surface area contributed by atoms with E-state index in [4.69, 9.17) is 4.74 Å². The monoisotopic (exact) mass is 238 g/mol. The van der Waals surface area contributed by atoms with Crippen LogP contribution in [0.5, 0.6) is 0 Å². The molecule has 0 aromatic carbocycles. The van der Waals surface area contributed by atoms with Crippen molar-refractivity contribution in [1.29, 1.82) is 0 Å². The van der Waals surface area contributed by atoms with Gasteiger partial charge in [0.1, 0.15) is 0 Å². The topological polar surface area (TPSA) is 29.5 Å². The van der Waals surface area contributed by atoms with E-state index in [2.05, 4.69) is 13.8 Å². The summed E-state index contributed by atoms with van der Waals surface area (Å²) in [6, 6.07) is 0. The molecule has 3 rings (SSSR count). The molecule has 3 aliphatic carbocycles. The average Bonchev–Trinajstić information content (AvgIpc) is 2.66. The number of fused-ring (bicyclic) bond motifs is 1. The number of ether oxygens (including phenoxy) is 1. The Morgan fingerprint density at radius 3 is 2.59 bits per heavy atom. The minimum absolute atomic E-state index is 0.0190. The Morgan fingerprint density at radius 1 is 1.12 bits per heavy atom. The lowest BCUT2D eigenvalue weighted by atomic mass is 9.50. The van der Waals surface area contributed by atoms with Gasteiger partial charge in [0.05, 0.1) is 11.7 Å². The van der Waals surface area contributed by atoms with E-state index in [9.17, 15) is 5.11 Å². The molecule has 2 heteroatoms. The summed E-state index contributed by atoms with van der Waals surface area (Å²) >= 11 is 0. The Balaban J connectivity index is 2.05. The molecule has 98 valence electrons. The van der Waals surface area contributed by atoms with Gasteiger partial charge in [-0.05, 0) is 48.9 Å². The van der Waals surface area contributed by atoms with Crippen LogP contribution in [0.4, 0.5) is 0 Å². The van der Waals surface area contributed by atoms with E-state index < -0.39 is 0 Å². The molecule has 0 amide bonds. The summed E-state index contributed by atoms with van der Waals surface area (Å²) in [6.07, 6.45) is 8.54. The van der Waals surface area contributed by atoms with Gasteiger partial charge in [0.15, 0.2) is 0 Å². The predicted molar refractivity (Wildman–Crippen MR) is 67.8 cm³/mol. The maximum atomic E-state index is 10.8. The second kappa shape index (κ2) is 3.48. The second-order valence-electron chi connectivity index (χ2n) is 7.33. The molecule has 4 atom stereocenters. The molecule has 3 fully saturated rings. The average molecular weight is 238 g/mol. The van der Waals surface area contributed by atoms with Crippen molar-refractivity contribution < 1.29 is 9.84 Å². The van der Waals surface area contributed by atoms with Gasteiger partial charge in [-0.3, -0.25) is 0 Å². The molecule has 0 aromatic rings. The molecule has 0 unspecified atom stereocenters. The molecular weight excluding hydrogens is 212 g/mol. The lowest BCUT2D eigenvalue weighted by Crippen LogP contribution is -2.60. The normalized spacial score (nSPS) is 52.2. The van der Waals surface area contributed by atoms with Crippen molar-refractivity contribution in [2.75, 3.05) is 7.11 Å². The van der Waals surface area contributed by atoms with Crippen molar-refractivity contribution in [1.82, 2.24) is 0 Å². The van der Waals surface area contributed by atoms with Gasteiger partial charge in [-0.15, -0.1) is 0 Å². The van der Waals surface area contributed by atoms with Crippen LogP contribution in [0.2, 0.25) is 0 Å². The Hall–Kier alpha value is -0.0800. The largest absolute Gasteiger partial charge is 0.390 e. The molecule has 3 aliphatic rings. The molecule has 1 N–H and O–H groups in total. The molecule has 0 aromatic heterocycles. The first kappa shape index (κ1) is 12.0. The van der Waals surface area contributed by atoms with Gasteiger partial charge >= 0.3 is 0 Å². The number of hydrogen-bond donors (Lipinski definition) is 1. The van der Waals surface area contributed by atoms with Crippen LogP contribution in [-0.2, 0) is 4.74 Å². The van der Waals surface area contributed by atoms with Crippen LogP contribution in [0.15, 0.2) is 0 Å². The lowest BCUT2D eigenvalue weighted by molar-refractivity contribution is -0.206. The van der Waals surface area contributed by atoms with E-state index >= 15 is 0 Å². The van der Waals surface area contributed by atoms with Crippen molar-refractivity contribution in [3.63, 3.8) is 0 Å². The predicted octanol–water partition coefficient (Wildman–Crippen LogP) is 3.13. The SMILES string of the molecule is CO[C@@]12CC[C@]3(CCCC[C@H]3C(C)(C)[C@H]1O)C2. The van der Waals surface area contributed by atoms with Crippen molar-refractivity contribution >= 4 is 0 Å². The minimum Gasteiger partial charge on any atom is -0.390 e. The highest BCUT2D eigenvalue weighted by molar-refractivity contribution is 5.17. The Kier molecular flexibility index (Phi) is 2.45. The first-order valence-electron chi connectivity index (χ1n) is 7.20. The lowest BCUT2D eigenvalue weighted by Gasteiger charge is -2.58. The first-order chi connectivity index (χ1) is 7.97. The van der Waals surface area contributed by atoms with Crippen LogP contribution in [0.1, 0.15) is 58.8 Å². The molecule has 0 saturated heterocycles. The maximum Gasteiger partial charge on any atom is 0.0947 e. The van der Waals surface area contributed by atoms with Crippen molar-refractivity contribution in [2.24, 2.45) is 16.7 Å². The highest BCUT2D eigenvalue weighted by Gasteiger charge is 2.66. The molecule has 0 radical (unpaired) electrons. The summed E-state index contributed by atoms with van der Waals surface area (Å²) in [7, 11) is 1.79. The summed E-state index contributed by atoms with van der Waals surface area (Å²) in [6.45, 7) is 4.53. The zero-order valence-electron chi connectivity index (χ0n) is 11.5. The number of aliphatic hydroxyl groups is 1. The molecular formula is C15H26O2. The standard InChI is InChI=1S/C15H26O2/c1-13(2)11-6-4-5-7-14(11)8-9-15(10-14,17-3)12(13)16/h11-12,16H,4-10H2,1-3H3/t11-,12+,14+,15+/m0/s1. The van der Waals surface area contributed by atoms with Gasteiger partial charge in [0.2, 0.25) is 0 Å². The number of rotatable bonds is 1. The van der Waals surface area contributed by atoms with Gasteiger partial charge < -0.3 is 9.84 Å². The van der Waals surface area contributed by atoms with E-state index in [0.717, 1.165) is 12.8 Å². The van der Waals surface area contributed by atoms with Crippen LogP contribution in [-0.4, -0.2) is 23.9 Å². The summed E-state index contributed by atoms with van der Waals surface area (Å²) in [5.74, 6) is 0.699. The zero-order chi connectivity index (χ0) is 12.3. The maximum absolute atomic E-state index is 10.8. The summed E-state index contributed by atoms with van der Waals surface area (Å²) in [4.78, 5) is 0. The number of aliphatic hydroxyl groups excluding tert-OH is 1. The van der Waals surface area contributed by atoms with E-state index in [1.54, 1.807) is 7.11 Å². The van der Waals surface area contributed by atoms with E-state index in [1.807, 2.05) is 0 Å². The van der Waals surface area contributed by atoms with E-state index in [0.29, 0.717) is 11.3 Å². The smallest absolute Gasteiger partial charge is 0.0947 e.